The Balaban J connectivity index is 1.93. The fourth-order valence-corrected chi connectivity index (χ4v) is 5.05. The lowest BCUT2D eigenvalue weighted by Crippen LogP contribution is -2.26. The maximum Gasteiger partial charge on any atom is 0.0395 e. The monoisotopic (exact) mass is 174 g/mol. The van der Waals surface area contributed by atoms with Gasteiger partial charge < -0.3 is 0 Å². The summed E-state index contributed by atoms with van der Waals surface area (Å²) in [5.74, 6) is 2.54. The van der Waals surface area contributed by atoms with E-state index in [0.717, 1.165) is 11.2 Å². The summed E-state index contributed by atoms with van der Waals surface area (Å²) in [5.41, 5.74) is 0. The highest BCUT2D eigenvalue weighted by atomic mass is 32.2. The van der Waals surface area contributed by atoms with Crippen LogP contribution in [0.15, 0.2) is 0 Å². The van der Waals surface area contributed by atoms with Crippen LogP contribution < -0.4 is 0 Å². The van der Waals surface area contributed by atoms with Crippen LogP contribution in [0.25, 0.3) is 0 Å². The Morgan fingerprint density at radius 3 is 2.90 bits per heavy atom. The van der Waals surface area contributed by atoms with Crippen LogP contribution in [0.3, 0.4) is 0 Å². The van der Waals surface area contributed by atoms with Gasteiger partial charge in [-0.25, -0.2) is 0 Å². The molecular weight excluding hydrogens is 160 g/mol. The van der Waals surface area contributed by atoms with E-state index in [-0.39, 0.29) is 0 Å². The Morgan fingerprint density at radius 1 is 1.10 bits per heavy atom. The summed E-state index contributed by atoms with van der Waals surface area (Å²) < 4.78 is 0. The molecule has 1 aliphatic carbocycles. The second-order valence-corrected chi connectivity index (χ2v) is 5.86. The standard InChI is InChI=1S/C8H14S2/c1-2-4-8-7(3-1)5-9-6-10-8/h7-8H,1-6H2/t7-,8+/m0/s1. The predicted molar refractivity (Wildman–Crippen MR) is 50.7 cm³/mol. The van der Waals surface area contributed by atoms with Crippen molar-refractivity contribution < 1.29 is 0 Å². The molecule has 2 aliphatic rings. The van der Waals surface area contributed by atoms with Crippen molar-refractivity contribution in [2.24, 2.45) is 5.92 Å². The van der Waals surface area contributed by atoms with Gasteiger partial charge in [-0.05, 0) is 24.5 Å². The summed E-state index contributed by atoms with van der Waals surface area (Å²) in [6.45, 7) is 0. The van der Waals surface area contributed by atoms with Gasteiger partial charge in [-0.2, -0.15) is 11.8 Å². The molecule has 0 radical (unpaired) electrons. The number of hydrogen-bond donors (Lipinski definition) is 0. The van der Waals surface area contributed by atoms with Gasteiger partial charge in [-0.1, -0.05) is 12.8 Å². The molecule has 0 amide bonds. The van der Waals surface area contributed by atoms with Gasteiger partial charge in [0.2, 0.25) is 0 Å². The summed E-state index contributed by atoms with van der Waals surface area (Å²) in [4.78, 5) is 0. The van der Waals surface area contributed by atoms with Crippen molar-refractivity contribution in [1.82, 2.24) is 0 Å². The molecule has 0 aromatic rings. The molecule has 0 aromatic heterocycles. The number of rotatable bonds is 0. The molecule has 0 aromatic carbocycles. The second kappa shape index (κ2) is 3.40. The first-order chi connectivity index (χ1) is 4.97. The minimum Gasteiger partial charge on any atom is -0.151 e. The molecule has 1 saturated heterocycles. The molecule has 2 fully saturated rings. The molecule has 0 spiro atoms. The molecular formula is C8H14S2. The third-order valence-corrected chi connectivity index (χ3v) is 5.46. The van der Waals surface area contributed by atoms with Crippen LogP contribution in [0.4, 0.5) is 0 Å². The molecule has 58 valence electrons. The lowest BCUT2D eigenvalue weighted by Gasteiger charge is -2.34. The van der Waals surface area contributed by atoms with Gasteiger partial charge >= 0.3 is 0 Å². The predicted octanol–water partition coefficient (Wildman–Crippen LogP) is 2.98. The highest BCUT2D eigenvalue weighted by Crippen LogP contribution is 2.40. The lowest BCUT2D eigenvalue weighted by atomic mass is 9.90. The molecule has 0 N–H and O–H groups in total. The Kier molecular flexibility index (Phi) is 2.50. The zero-order valence-electron chi connectivity index (χ0n) is 6.21. The minimum absolute atomic E-state index is 1.05. The maximum atomic E-state index is 2.21. The summed E-state index contributed by atoms with van der Waals surface area (Å²) in [5, 5.41) is 2.41. The molecule has 2 rings (SSSR count). The maximum absolute atomic E-state index is 2.21. The second-order valence-electron chi connectivity index (χ2n) is 3.24. The Morgan fingerprint density at radius 2 is 2.00 bits per heavy atom. The Hall–Kier alpha value is 0.700. The lowest BCUT2D eigenvalue weighted by molar-refractivity contribution is 0.402. The van der Waals surface area contributed by atoms with Crippen LogP contribution in [0, 0.1) is 5.92 Å². The van der Waals surface area contributed by atoms with Gasteiger partial charge in [0.1, 0.15) is 0 Å². The van der Waals surface area contributed by atoms with E-state index in [9.17, 15) is 0 Å². The highest BCUT2D eigenvalue weighted by Gasteiger charge is 2.27. The van der Waals surface area contributed by atoms with Gasteiger partial charge in [0.05, 0.1) is 0 Å². The molecule has 1 aliphatic heterocycles. The van der Waals surface area contributed by atoms with Crippen LogP contribution in [0.5, 0.6) is 0 Å². The summed E-state index contributed by atoms with van der Waals surface area (Å²) in [6, 6.07) is 0. The first-order valence-electron chi connectivity index (χ1n) is 4.16. The van der Waals surface area contributed by atoms with Gasteiger partial charge in [0.25, 0.3) is 0 Å². The minimum atomic E-state index is 1.05. The van der Waals surface area contributed by atoms with Crippen LogP contribution >= 0.6 is 23.5 Å². The SMILES string of the molecule is C1CC[C@H]2SCSC[C@@H]2C1. The molecule has 0 unspecified atom stereocenters. The first-order valence-corrected chi connectivity index (χ1v) is 6.36. The molecule has 10 heavy (non-hydrogen) atoms. The van der Waals surface area contributed by atoms with Gasteiger partial charge in [-0.3, -0.25) is 0 Å². The molecule has 1 heterocycles. The van der Waals surface area contributed by atoms with Crippen molar-refractivity contribution in [2.75, 3.05) is 10.8 Å². The van der Waals surface area contributed by atoms with E-state index in [1.165, 1.54) is 36.5 Å². The Bertz CT molecular complexity index is 87.8. The molecule has 0 bridgehead atoms. The average Bonchev–Trinajstić information content (AvgIpc) is 2.05. The van der Waals surface area contributed by atoms with Crippen molar-refractivity contribution in [3.8, 4) is 0 Å². The van der Waals surface area contributed by atoms with E-state index in [4.69, 9.17) is 0 Å². The summed E-state index contributed by atoms with van der Waals surface area (Å²) >= 11 is 4.35. The number of thioether (sulfide) groups is 2. The number of fused-ring (bicyclic) bond motifs is 1. The van der Waals surface area contributed by atoms with E-state index in [1.807, 2.05) is 0 Å². The third-order valence-electron chi connectivity index (χ3n) is 2.54. The first kappa shape index (κ1) is 7.35. The van der Waals surface area contributed by atoms with Crippen molar-refractivity contribution in [1.29, 1.82) is 0 Å². The van der Waals surface area contributed by atoms with E-state index < -0.39 is 0 Å². The molecule has 1 saturated carbocycles. The quantitative estimate of drug-likeness (QED) is 0.554. The van der Waals surface area contributed by atoms with Crippen LogP contribution in [-0.2, 0) is 0 Å². The fraction of sp³-hybridized carbons (Fsp3) is 1.00. The summed E-state index contributed by atoms with van der Waals surface area (Å²) in [6.07, 6.45) is 6.03. The zero-order valence-corrected chi connectivity index (χ0v) is 7.85. The van der Waals surface area contributed by atoms with Crippen molar-refractivity contribution in [2.45, 2.75) is 30.9 Å². The smallest absolute Gasteiger partial charge is 0.0395 e. The van der Waals surface area contributed by atoms with E-state index in [1.54, 1.807) is 0 Å². The van der Waals surface area contributed by atoms with Crippen molar-refractivity contribution >= 4 is 23.5 Å². The van der Waals surface area contributed by atoms with Gasteiger partial charge in [0, 0.05) is 10.3 Å². The molecule has 2 heteroatoms. The van der Waals surface area contributed by atoms with Crippen molar-refractivity contribution in [3.05, 3.63) is 0 Å². The van der Waals surface area contributed by atoms with Gasteiger partial charge in [-0.15, -0.1) is 11.8 Å². The largest absolute Gasteiger partial charge is 0.151 e. The highest BCUT2D eigenvalue weighted by molar-refractivity contribution is 8.16. The third kappa shape index (κ3) is 1.48. The van der Waals surface area contributed by atoms with E-state index >= 15 is 0 Å². The topological polar surface area (TPSA) is 0 Å². The zero-order chi connectivity index (χ0) is 6.81. The van der Waals surface area contributed by atoms with Gasteiger partial charge in [0.15, 0.2) is 0 Å². The molecule has 2 atom stereocenters. The van der Waals surface area contributed by atoms with Crippen LogP contribution in [0.2, 0.25) is 0 Å². The normalized spacial score (nSPS) is 40.8. The number of hydrogen-bond acceptors (Lipinski definition) is 2. The Labute approximate surface area is 71.5 Å². The van der Waals surface area contributed by atoms with E-state index in [2.05, 4.69) is 23.5 Å². The van der Waals surface area contributed by atoms with Crippen molar-refractivity contribution in [3.63, 3.8) is 0 Å². The van der Waals surface area contributed by atoms with E-state index in [0.29, 0.717) is 0 Å². The fourth-order valence-electron chi connectivity index (χ4n) is 1.92. The summed E-state index contributed by atoms with van der Waals surface area (Å²) in [7, 11) is 0. The average molecular weight is 174 g/mol. The van der Waals surface area contributed by atoms with Crippen LogP contribution in [-0.4, -0.2) is 16.1 Å². The van der Waals surface area contributed by atoms with Crippen LogP contribution in [0.1, 0.15) is 25.7 Å². The molecule has 0 nitrogen and oxygen atoms in total.